The molecule has 0 atom stereocenters. The molecule has 19 heavy (non-hydrogen) atoms. The highest BCUT2D eigenvalue weighted by atomic mass is 14.2. The van der Waals surface area contributed by atoms with Crippen LogP contribution in [0.3, 0.4) is 0 Å². The van der Waals surface area contributed by atoms with E-state index in [1.807, 2.05) is 0 Å². The Morgan fingerprint density at radius 2 is 1.21 bits per heavy atom. The molecule has 0 aliphatic carbocycles. The molecule has 0 heteroatoms. The molecular weight excluding hydrogens is 228 g/mol. The lowest BCUT2D eigenvalue weighted by Gasteiger charge is -2.24. The SMILES string of the molecule is CC(C)CC(CC(C)C)c1ccc(C(C)(C)C)cc1. The minimum atomic E-state index is 0.254. The van der Waals surface area contributed by atoms with Crippen molar-refractivity contribution < 1.29 is 0 Å². The van der Waals surface area contributed by atoms with Gasteiger partial charge in [-0.3, -0.25) is 0 Å². The minimum absolute atomic E-state index is 0.254. The van der Waals surface area contributed by atoms with Gasteiger partial charge in [-0.2, -0.15) is 0 Å². The summed E-state index contributed by atoms with van der Waals surface area (Å²) in [7, 11) is 0. The molecule has 0 unspecified atom stereocenters. The molecule has 0 spiro atoms. The largest absolute Gasteiger partial charge is 0.0628 e. The standard InChI is InChI=1S/C19H32/c1-14(2)12-17(13-15(3)4)16-8-10-18(11-9-16)19(5,6)7/h8-11,14-15,17H,12-13H2,1-7H3. The molecule has 1 aromatic rings. The Bertz CT molecular complexity index is 352. The Morgan fingerprint density at radius 1 is 0.789 bits per heavy atom. The van der Waals surface area contributed by atoms with Gasteiger partial charge in [-0.1, -0.05) is 72.7 Å². The molecule has 0 radical (unpaired) electrons. The fourth-order valence-electron chi connectivity index (χ4n) is 2.76. The van der Waals surface area contributed by atoms with Crippen LogP contribution in [0.4, 0.5) is 0 Å². The zero-order chi connectivity index (χ0) is 14.6. The van der Waals surface area contributed by atoms with E-state index < -0.39 is 0 Å². The molecule has 0 nitrogen and oxygen atoms in total. The van der Waals surface area contributed by atoms with E-state index in [-0.39, 0.29) is 5.41 Å². The van der Waals surface area contributed by atoms with Crippen LogP contribution in [0.1, 0.15) is 78.4 Å². The predicted molar refractivity (Wildman–Crippen MR) is 86.8 cm³/mol. The fourth-order valence-corrected chi connectivity index (χ4v) is 2.76. The lowest BCUT2D eigenvalue weighted by Crippen LogP contribution is -2.12. The molecule has 1 aromatic carbocycles. The average molecular weight is 260 g/mol. The van der Waals surface area contributed by atoms with Gasteiger partial charge in [-0.25, -0.2) is 0 Å². The third kappa shape index (κ3) is 5.38. The predicted octanol–water partition coefficient (Wildman–Crippen LogP) is 6.16. The molecule has 0 aromatic heterocycles. The Labute approximate surface area is 120 Å². The average Bonchev–Trinajstić information content (AvgIpc) is 2.26. The van der Waals surface area contributed by atoms with Gasteiger partial charge in [0.1, 0.15) is 0 Å². The van der Waals surface area contributed by atoms with Crippen molar-refractivity contribution in [3.63, 3.8) is 0 Å². The maximum absolute atomic E-state index is 2.36. The summed E-state index contributed by atoms with van der Waals surface area (Å²) < 4.78 is 0. The van der Waals surface area contributed by atoms with Crippen LogP contribution in [-0.4, -0.2) is 0 Å². The second-order valence-electron chi connectivity index (χ2n) is 7.83. The first-order valence-electron chi connectivity index (χ1n) is 7.80. The highest BCUT2D eigenvalue weighted by Gasteiger charge is 2.17. The molecule has 0 heterocycles. The Hall–Kier alpha value is -0.780. The van der Waals surface area contributed by atoms with Crippen LogP contribution in [0.15, 0.2) is 24.3 Å². The third-order valence-electron chi connectivity index (χ3n) is 3.76. The van der Waals surface area contributed by atoms with Crippen LogP contribution < -0.4 is 0 Å². The van der Waals surface area contributed by atoms with Crippen LogP contribution in [0.25, 0.3) is 0 Å². The van der Waals surface area contributed by atoms with Gasteiger partial charge >= 0.3 is 0 Å². The zero-order valence-electron chi connectivity index (χ0n) is 14.0. The number of benzene rings is 1. The first-order valence-corrected chi connectivity index (χ1v) is 7.80. The van der Waals surface area contributed by atoms with Crippen LogP contribution in [0, 0.1) is 11.8 Å². The van der Waals surface area contributed by atoms with Gasteiger partial charge in [-0.05, 0) is 47.1 Å². The van der Waals surface area contributed by atoms with Crippen molar-refractivity contribution >= 4 is 0 Å². The Kier molecular flexibility index (Phi) is 5.64. The van der Waals surface area contributed by atoms with Crippen molar-refractivity contribution in [2.45, 2.75) is 72.6 Å². The van der Waals surface area contributed by atoms with Gasteiger partial charge in [0.05, 0.1) is 0 Å². The van der Waals surface area contributed by atoms with Gasteiger partial charge < -0.3 is 0 Å². The molecule has 0 fully saturated rings. The fraction of sp³-hybridized carbons (Fsp3) is 0.684. The summed E-state index contributed by atoms with van der Waals surface area (Å²) in [6.45, 7) is 16.2. The molecule has 1 rings (SSSR count). The molecule has 0 saturated carbocycles. The topological polar surface area (TPSA) is 0 Å². The van der Waals surface area contributed by atoms with Crippen LogP contribution in [0.2, 0.25) is 0 Å². The summed E-state index contributed by atoms with van der Waals surface area (Å²) >= 11 is 0. The van der Waals surface area contributed by atoms with Crippen LogP contribution in [0.5, 0.6) is 0 Å². The summed E-state index contributed by atoms with van der Waals surface area (Å²) in [5, 5.41) is 0. The van der Waals surface area contributed by atoms with Gasteiger partial charge in [0.15, 0.2) is 0 Å². The number of hydrogen-bond acceptors (Lipinski definition) is 0. The summed E-state index contributed by atoms with van der Waals surface area (Å²) in [5.74, 6) is 2.26. The lowest BCUT2D eigenvalue weighted by molar-refractivity contribution is 0.423. The molecule has 0 aliphatic rings. The number of rotatable bonds is 5. The maximum Gasteiger partial charge on any atom is -0.0132 e. The van der Waals surface area contributed by atoms with Crippen molar-refractivity contribution in [1.82, 2.24) is 0 Å². The first-order chi connectivity index (χ1) is 8.70. The number of hydrogen-bond donors (Lipinski definition) is 0. The second-order valence-corrected chi connectivity index (χ2v) is 7.83. The quantitative estimate of drug-likeness (QED) is 0.594. The minimum Gasteiger partial charge on any atom is -0.0628 e. The maximum atomic E-state index is 2.36. The van der Waals surface area contributed by atoms with E-state index in [1.54, 1.807) is 0 Å². The molecule has 0 N–H and O–H groups in total. The van der Waals surface area contributed by atoms with Gasteiger partial charge in [0.2, 0.25) is 0 Å². The van der Waals surface area contributed by atoms with E-state index in [0.29, 0.717) is 5.92 Å². The van der Waals surface area contributed by atoms with E-state index in [4.69, 9.17) is 0 Å². The monoisotopic (exact) mass is 260 g/mol. The summed E-state index contributed by atoms with van der Waals surface area (Å²) in [5.41, 5.74) is 3.21. The normalized spacial score (nSPS) is 12.7. The lowest BCUT2D eigenvalue weighted by atomic mass is 9.81. The van der Waals surface area contributed by atoms with E-state index in [1.165, 1.54) is 24.0 Å². The van der Waals surface area contributed by atoms with Crippen molar-refractivity contribution in [2.24, 2.45) is 11.8 Å². The highest BCUT2D eigenvalue weighted by Crippen LogP contribution is 2.32. The Balaban J connectivity index is 2.90. The highest BCUT2D eigenvalue weighted by molar-refractivity contribution is 5.29. The van der Waals surface area contributed by atoms with E-state index in [2.05, 4.69) is 72.7 Å². The molecular formula is C19H32. The molecule has 0 saturated heterocycles. The van der Waals surface area contributed by atoms with E-state index in [0.717, 1.165) is 11.8 Å². The van der Waals surface area contributed by atoms with Gasteiger partial charge in [0, 0.05) is 0 Å². The first kappa shape index (κ1) is 16.3. The summed E-state index contributed by atoms with van der Waals surface area (Å²) in [6, 6.07) is 9.36. The second kappa shape index (κ2) is 6.59. The van der Waals surface area contributed by atoms with Crippen LogP contribution >= 0.6 is 0 Å². The Morgan fingerprint density at radius 3 is 1.53 bits per heavy atom. The van der Waals surface area contributed by atoms with Crippen molar-refractivity contribution in [3.05, 3.63) is 35.4 Å². The van der Waals surface area contributed by atoms with Gasteiger partial charge in [0.25, 0.3) is 0 Å². The van der Waals surface area contributed by atoms with Crippen LogP contribution in [-0.2, 0) is 5.41 Å². The van der Waals surface area contributed by atoms with Crippen molar-refractivity contribution in [1.29, 1.82) is 0 Å². The smallest absolute Gasteiger partial charge is 0.0132 e. The van der Waals surface area contributed by atoms with E-state index in [9.17, 15) is 0 Å². The molecule has 0 bridgehead atoms. The van der Waals surface area contributed by atoms with Gasteiger partial charge in [-0.15, -0.1) is 0 Å². The third-order valence-corrected chi connectivity index (χ3v) is 3.76. The van der Waals surface area contributed by atoms with Crippen molar-refractivity contribution in [2.75, 3.05) is 0 Å². The summed E-state index contributed by atoms with van der Waals surface area (Å²) in [6.07, 6.45) is 2.60. The zero-order valence-corrected chi connectivity index (χ0v) is 14.0. The molecule has 108 valence electrons. The molecule has 0 aliphatic heterocycles. The molecule has 0 amide bonds. The van der Waals surface area contributed by atoms with Crippen molar-refractivity contribution in [3.8, 4) is 0 Å². The van der Waals surface area contributed by atoms with E-state index >= 15 is 0 Å². The summed E-state index contributed by atoms with van der Waals surface area (Å²) in [4.78, 5) is 0.